The molecule has 94 valence electrons. The van der Waals surface area contributed by atoms with Crippen LogP contribution in [0, 0.1) is 13.8 Å². The van der Waals surface area contributed by atoms with E-state index in [1.165, 1.54) is 0 Å². The number of benzene rings is 1. The zero-order valence-electron chi connectivity index (χ0n) is 10.5. The topological polar surface area (TPSA) is 50.3 Å². The summed E-state index contributed by atoms with van der Waals surface area (Å²) < 4.78 is 6.09. The van der Waals surface area contributed by atoms with Crippen LogP contribution in [0.2, 0.25) is 0 Å². The summed E-state index contributed by atoms with van der Waals surface area (Å²) in [6.07, 6.45) is 1.81. The van der Waals surface area contributed by atoms with Gasteiger partial charge in [-0.05, 0) is 53.5 Å². The fourth-order valence-electron chi connectivity index (χ4n) is 1.64. The van der Waals surface area contributed by atoms with Crippen LogP contribution in [0.4, 0.5) is 5.69 Å². The van der Waals surface area contributed by atoms with Gasteiger partial charge in [-0.2, -0.15) is 5.10 Å². The van der Waals surface area contributed by atoms with Crippen LogP contribution in [-0.2, 0) is 0 Å². The van der Waals surface area contributed by atoms with Gasteiger partial charge in [-0.15, -0.1) is 0 Å². The highest BCUT2D eigenvalue weighted by Crippen LogP contribution is 2.25. The van der Waals surface area contributed by atoms with Crippen LogP contribution < -0.4 is 4.74 Å². The van der Waals surface area contributed by atoms with Gasteiger partial charge in [-0.3, -0.25) is 10.1 Å². The van der Waals surface area contributed by atoms with Gasteiger partial charge >= 0.3 is 0 Å². The maximum atomic E-state index is 5.18. The minimum atomic E-state index is 0.808. The number of rotatable bonds is 3. The monoisotopic (exact) mass is 307 g/mol. The van der Waals surface area contributed by atoms with Gasteiger partial charge in [0.25, 0.3) is 0 Å². The fourth-order valence-corrected chi connectivity index (χ4v) is 2.20. The van der Waals surface area contributed by atoms with Crippen LogP contribution in [0.25, 0.3) is 0 Å². The number of halogens is 1. The predicted molar refractivity (Wildman–Crippen MR) is 76.0 cm³/mol. The van der Waals surface area contributed by atoms with Crippen LogP contribution in [0.1, 0.15) is 17.0 Å². The minimum Gasteiger partial charge on any atom is -0.496 e. The number of aromatic nitrogens is 2. The average molecular weight is 308 g/mol. The molecule has 0 saturated carbocycles. The number of hydrogen-bond donors (Lipinski definition) is 1. The van der Waals surface area contributed by atoms with Gasteiger partial charge in [-0.25, -0.2) is 0 Å². The number of aliphatic imine (C=N–C) groups is 1. The molecule has 0 bridgehead atoms. The van der Waals surface area contributed by atoms with E-state index >= 15 is 0 Å². The molecule has 0 aliphatic carbocycles. The van der Waals surface area contributed by atoms with Crippen molar-refractivity contribution in [2.24, 2.45) is 4.99 Å². The van der Waals surface area contributed by atoms with Crippen LogP contribution in [0.5, 0.6) is 5.75 Å². The second-order valence-electron chi connectivity index (χ2n) is 3.93. The maximum Gasteiger partial charge on any atom is 0.133 e. The molecule has 1 N–H and O–H groups in total. The largest absolute Gasteiger partial charge is 0.496 e. The van der Waals surface area contributed by atoms with Gasteiger partial charge in [0.15, 0.2) is 0 Å². The Bertz CT molecular complexity index is 570. The lowest BCUT2D eigenvalue weighted by atomic mass is 10.2. The van der Waals surface area contributed by atoms with Crippen molar-refractivity contribution in [2.75, 3.05) is 7.11 Å². The lowest BCUT2D eigenvalue weighted by Gasteiger charge is -2.03. The van der Waals surface area contributed by atoms with Crippen LogP contribution in [0.15, 0.2) is 27.7 Å². The summed E-state index contributed by atoms with van der Waals surface area (Å²) in [6, 6.07) is 5.82. The minimum absolute atomic E-state index is 0.808. The molecule has 0 fully saturated rings. The van der Waals surface area contributed by atoms with Crippen LogP contribution >= 0.6 is 15.9 Å². The summed E-state index contributed by atoms with van der Waals surface area (Å²) in [5.41, 5.74) is 3.76. The summed E-state index contributed by atoms with van der Waals surface area (Å²) >= 11 is 3.45. The smallest absolute Gasteiger partial charge is 0.133 e. The van der Waals surface area contributed by atoms with Gasteiger partial charge in [0.1, 0.15) is 11.4 Å². The lowest BCUT2D eigenvalue weighted by molar-refractivity contribution is 0.412. The standard InChI is InChI=1S/C13H14BrN3O/c1-8-13(9(2)17-16-8)15-7-10-4-5-12(18-3)11(14)6-10/h4-7H,1-3H3,(H,16,17). The van der Waals surface area contributed by atoms with E-state index in [0.717, 1.165) is 32.9 Å². The Morgan fingerprint density at radius 3 is 2.72 bits per heavy atom. The van der Waals surface area contributed by atoms with E-state index < -0.39 is 0 Å². The lowest BCUT2D eigenvalue weighted by Crippen LogP contribution is -1.87. The first-order valence-electron chi connectivity index (χ1n) is 5.51. The third-order valence-electron chi connectivity index (χ3n) is 2.61. The van der Waals surface area contributed by atoms with Crippen molar-refractivity contribution < 1.29 is 4.74 Å². The van der Waals surface area contributed by atoms with Crippen molar-refractivity contribution in [1.29, 1.82) is 0 Å². The van der Waals surface area contributed by atoms with Gasteiger partial charge in [0, 0.05) is 6.21 Å². The molecule has 0 radical (unpaired) electrons. The molecule has 0 unspecified atom stereocenters. The molecule has 18 heavy (non-hydrogen) atoms. The van der Waals surface area contributed by atoms with Crippen LogP contribution in [0.3, 0.4) is 0 Å². The molecule has 0 spiro atoms. The highest BCUT2D eigenvalue weighted by Gasteiger charge is 2.04. The van der Waals surface area contributed by atoms with Crippen molar-refractivity contribution in [3.05, 3.63) is 39.6 Å². The molecule has 4 nitrogen and oxygen atoms in total. The summed E-state index contributed by atoms with van der Waals surface area (Å²) in [5, 5.41) is 7.02. The molecular weight excluding hydrogens is 294 g/mol. The van der Waals surface area contributed by atoms with E-state index in [0.29, 0.717) is 0 Å². The van der Waals surface area contributed by atoms with Crippen molar-refractivity contribution in [2.45, 2.75) is 13.8 Å². The van der Waals surface area contributed by atoms with E-state index in [-0.39, 0.29) is 0 Å². The number of H-pyrrole nitrogens is 1. The van der Waals surface area contributed by atoms with Gasteiger partial charge in [-0.1, -0.05) is 0 Å². The first kappa shape index (κ1) is 12.8. The normalized spacial score (nSPS) is 11.1. The second kappa shape index (κ2) is 5.35. The maximum absolute atomic E-state index is 5.18. The average Bonchev–Trinajstić information content (AvgIpc) is 2.67. The third-order valence-corrected chi connectivity index (χ3v) is 3.23. The fraction of sp³-hybridized carbons (Fsp3) is 0.231. The predicted octanol–water partition coefficient (Wildman–Crippen LogP) is 3.55. The first-order valence-corrected chi connectivity index (χ1v) is 6.30. The van der Waals surface area contributed by atoms with Gasteiger partial charge < -0.3 is 4.74 Å². The molecular formula is C13H14BrN3O. The SMILES string of the molecule is COc1ccc(C=Nc2c(C)n[nH]c2C)cc1Br. The summed E-state index contributed by atoms with van der Waals surface area (Å²) in [4.78, 5) is 4.45. The van der Waals surface area contributed by atoms with E-state index in [2.05, 4.69) is 31.1 Å². The van der Waals surface area contributed by atoms with E-state index in [4.69, 9.17) is 4.74 Å². The molecule has 0 atom stereocenters. The Morgan fingerprint density at radius 2 is 2.17 bits per heavy atom. The number of ether oxygens (including phenoxy) is 1. The highest BCUT2D eigenvalue weighted by atomic mass is 79.9. The van der Waals surface area contributed by atoms with Crippen molar-refractivity contribution in [3.8, 4) is 5.75 Å². The molecule has 0 amide bonds. The Kier molecular flexibility index (Phi) is 3.81. The molecule has 2 aromatic rings. The number of nitrogens with zero attached hydrogens (tertiary/aromatic N) is 2. The Balaban J connectivity index is 2.27. The molecule has 1 aromatic heterocycles. The van der Waals surface area contributed by atoms with Crippen LogP contribution in [-0.4, -0.2) is 23.5 Å². The summed E-state index contributed by atoms with van der Waals surface area (Å²) in [7, 11) is 1.64. The quantitative estimate of drug-likeness (QED) is 0.882. The molecule has 0 saturated heterocycles. The van der Waals surface area contributed by atoms with Gasteiger partial charge in [0.05, 0.1) is 23.0 Å². The second-order valence-corrected chi connectivity index (χ2v) is 4.79. The van der Waals surface area contributed by atoms with E-state index in [1.807, 2.05) is 38.3 Å². The third kappa shape index (κ3) is 2.61. The Morgan fingerprint density at radius 1 is 1.39 bits per heavy atom. The number of methoxy groups -OCH3 is 1. The first-order chi connectivity index (χ1) is 8.61. The zero-order chi connectivity index (χ0) is 13.1. The number of nitrogens with one attached hydrogen (secondary N) is 1. The summed E-state index contributed by atoms with van der Waals surface area (Å²) in [5.74, 6) is 0.808. The summed E-state index contributed by atoms with van der Waals surface area (Å²) in [6.45, 7) is 3.89. The zero-order valence-corrected chi connectivity index (χ0v) is 12.1. The van der Waals surface area contributed by atoms with Gasteiger partial charge in [0.2, 0.25) is 0 Å². The Hall–Kier alpha value is -1.62. The molecule has 0 aliphatic heterocycles. The Labute approximate surface area is 114 Å². The molecule has 1 heterocycles. The van der Waals surface area contributed by atoms with E-state index in [9.17, 15) is 0 Å². The van der Waals surface area contributed by atoms with Crippen molar-refractivity contribution >= 4 is 27.8 Å². The van der Waals surface area contributed by atoms with Crippen molar-refractivity contribution in [1.82, 2.24) is 10.2 Å². The van der Waals surface area contributed by atoms with Crippen molar-refractivity contribution in [3.63, 3.8) is 0 Å². The molecule has 1 aromatic carbocycles. The number of aryl methyl sites for hydroxylation is 2. The molecule has 0 aliphatic rings. The molecule has 2 rings (SSSR count). The number of aromatic amines is 1. The molecule has 5 heteroatoms. The number of hydrogen-bond acceptors (Lipinski definition) is 3. The van der Waals surface area contributed by atoms with E-state index in [1.54, 1.807) is 7.11 Å². The highest BCUT2D eigenvalue weighted by molar-refractivity contribution is 9.10.